The van der Waals surface area contributed by atoms with E-state index in [2.05, 4.69) is 5.32 Å². The van der Waals surface area contributed by atoms with Crippen molar-refractivity contribution in [1.82, 2.24) is 5.32 Å². The van der Waals surface area contributed by atoms with Crippen molar-refractivity contribution in [3.8, 4) is 0 Å². The maximum atomic E-state index is 11.7. The van der Waals surface area contributed by atoms with Gasteiger partial charge in [0.25, 0.3) is 5.91 Å². The lowest BCUT2D eigenvalue weighted by Crippen LogP contribution is -2.45. The van der Waals surface area contributed by atoms with Crippen molar-refractivity contribution in [1.29, 1.82) is 0 Å². The minimum atomic E-state index is -0.514. The number of hydrogen-bond acceptors (Lipinski definition) is 3. The van der Waals surface area contributed by atoms with Crippen LogP contribution in [0, 0.1) is 0 Å². The largest absolute Gasteiger partial charge is 0.366 e. The first-order valence-corrected chi connectivity index (χ1v) is 5.26. The summed E-state index contributed by atoms with van der Waals surface area (Å²) in [5.74, 6) is -0.736. The number of rotatable bonds is 4. The molecule has 0 saturated carbocycles. The molecule has 2 amide bonds. The molecule has 5 N–H and O–H groups in total. The highest BCUT2D eigenvalue weighted by Crippen LogP contribution is 2.04. The Labute approximate surface area is 100 Å². The van der Waals surface area contributed by atoms with Crippen LogP contribution in [0.25, 0.3) is 0 Å². The molecular weight excluding hydrogens is 218 g/mol. The second kappa shape index (κ2) is 4.97. The van der Waals surface area contributed by atoms with E-state index < -0.39 is 11.4 Å². The van der Waals surface area contributed by atoms with Gasteiger partial charge in [0.15, 0.2) is 0 Å². The molecule has 0 radical (unpaired) electrons. The van der Waals surface area contributed by atoms with Crippen LogP contribution in [-0.2, 0) is 0 Å². The highest BCUT2D eigenvalue weighted by Gasteiger charge is 2.13. The monoisotopic (exact) mass is 235 g/mol. The molecule has 0 aliphatic rings. The van der Waals surface area contributed by atoms with E-state index in [1.165, 1.54) is 12.1 Å². The van der Waals surface area contributed by atoms with Crippen LogP contribution in [0.1, 0.15) is 34.6 Å². The number of nitrogens with one attached hydrogen (secondary N) is 1. The Morgan fingerprint density at radius 2 is 1.65 bits per heavy atom. The zero-order chi connectivity index (χ0) is 13.1. The Balaban J connectivity index is 2.67. The van der Waals surface area contributed by atoms with E-state index in [1.807, 2.05) is 13.8 Å². The number of primary amides is 1. The normalized spacial score (nSPS) is 11.0. The summed E-state index contributed by atoms with van der Waals surface area (Å²) in [6.07, 6.45) is 0. The van der Waals surface area contributed by atoms with Crippen molar-refractivity contribution in [3.05, 3.63) is 35.4 Å². The molecule has 0 bridgehead atoms. The van der Waals surface area contributed by atoms with Crippen molar-refractivity contribution >= 4 is 11.8 Å². The second-order valence-electron chi connectivity index (χ2n) is 4.61. The van der Waals surface area contributed by atoms with E-state index in [-0.39, 0.29) is 5.91 Å². The molecule has 0 aromatic heterocycles. The average Bonchev–Trinajstić information content (AvgIpc) is 2.25. The number of hydrogen-bond donors (Lipinski definition) is 3. The number of amides is 2. The molecule has 1 rings (SSSR count). The van der Waals surface area contributed by atoms with Crippen molar-refractivity contribution in [2.24, 2.45) is 11.5 Å². The van der Waals surface area contributed by atoms with Crippen LogP contribution in [0.15, 0.2) is 24.3 Å². The summed E-state index contributed by atoms with van der Waals surface area (Å²) in [5, 5.41) is 2.71. The lowest BCUT2D eigenvalue weighted by molar-refractivity contribution is 0.0943. The van der Waals surface area contributed by atoms with E-state index in [9.17, 15) is 9.59 Å². The fourth-order valence-electron chi connectivity index (χ4n) is 1.20. The number of carbonyl (C=O) groups excluding carboxylic acids is 2. The van der Waals surface area contributed by atoms with Crippen LogP contribution in [0.5, 0.6) is 0 Å². The summed E-state index contributed by atoms with van der Waals surface area (Å²) in [7, 11) is 0. The summed E-state index contributed by atoms with van der Waals surface area (Å²) in [5.41, 5.74) is 11.2. The van der Waals surface area contributed by atoms with Gasteiger partial charge in [0.05, 0.1) is 0 Å². The van der Waals surface area contributed by atoms with Crippen molar-refractivity contribution in [3.63, 3.8) is 0 Å². The standard InChI is InChI=1S/C12H17N3O2/c1-12(2,14)7-15-11(17)9-5-3-8(4-6-9)10(13)16/h3-6H,7,14H2,1-2H3,(H2,13,16)(H,15,17). The second-order valence-corrected chi connectivity index (χ2v) is 4.61. The minimum absolute atomic E-state index is 0.223. The third-order valence-electron chi connectivity index (χ3n) is 2.14. The highest BCUT2D eigenvalue weighted by atomic mass is 16.2. The summed E-state index contributed by atoms with van der Waals surface area (Å²) in [6.45, 7) is 4.02. The van der Waals surface area contributed by atoms with Crippen molar-refractivity contribution in [2.45, 2.75) is 19.4 Å². The maximum Gasteiger partial charge on any atom is 0.251 e. The molecule has 0 fully saturated rings. The van der Waals surface area contributed by atoms with E-state index >= 15 is 0 Å². The third-order valence-corrected chi connectivity index (χ3v) is 2.14. The van der Waals surface area contributed by atoms with Gasteiger partial charge in [0.1, 0.15) is 0 Å². The lowest BCUT2D eigenvalue weighted by atomic mass is 10.1. The topological polar surface area (TPSA) is 98.2 Å². The predicted molar refractivity (Wildman–Crippen MR) is 65.6 cm³/mol. The first kappa shape index (κ1) is 13.2. The Bertz CT molecular complexity index is 418. The molecule has 0 heterocycles. The Hall–Kier alpha value is -1.88. The van der Waals surface area contributed by atoms with Gasteiger partial charge in [0.2, 0.25) is 5.91 Å². The van der Waals surface area contributed by atoms with Gasteiger partial charge in [-0.3, -0.25) is 9.59 Å². The Morgan fingerprint density at radius 1 is 1.18 bits per heavy atom. The maximum absolute atomic E-state index is 11.7. The SMILES string of the molecule is CC(C)(N)CNC(=O)c1ccc(C(N)=O)cc1. The predicted octanol–water partition coefficient (Wildman–Crippen LogP) is 0.253. The first-order chi connectivity index (χ1) is 7.79. The molecule has 0 aliphatic carbocycles. The van der Waals surface area contributed by atoms with Gasteiger partial charge in [-0.1, -0.05) is 0 Å². The Kier molecular flexibility index (Phi) is 3.85. The molecule has 0 unspecified atom stereocenters. The number of carbonyl (C=O) groups is 2. The molecule has 0 atom stereocenters. The minimum Gasteiger partial charge on any atom is -0.366 e. The zero-order valence-corrected chi connectivity index (χ0v) is 9.99. The molecule has 1 aromatic carbocycles. The number of nitrogens with two attached hydrogens (primary N) is 2. The Morgan fingerprint density at radius 3 is 2.06 bits per heavy atom. The lowest BCUT2D eigenvalue weighted by Gasteiger charge is -2.18. The summed E-state index contributed by atoms with van der Waals surface area (Å²) < 4.78 is 0. The molecular formula is C12H17N3O2. The van der Waals surface area contributed by atoms with Gasteiger partial charge in [-0.25, -0.2) is 0 Å². The number of benzene rings is 1. The van der Waals surface area contributed by atoms with Crippen LogP contribution < -0.4 is 16.8 Å². The molecule has 1 aromatic rings. The van der Waals surface area contributed by atoms with E-state index in [0.29, 0.717) is 17.7 Å². The van der Waals surface area contributed by atoms with Crippen LogP contribution >= 0.6 is 0 Å². The van der Waals surface area contributed by atoms with Crippen LogP contribution in [0.2, 0.25) is 0 Å². The summed E-state index contributed by atoms with van der Waals surface area (Å²) in [6, 6.07) is 6.15. The quantitative estimate of drug-likeness (QED) is 0.697. The van der Waals surface area contributed by atoms with Gasteiger partial charge in [-0.15, -0.1) is 0 Å². The van der Waals surface area contributed by atoms with Gasteiger partial charge in [0, 0.05) is 23.2 Å². The third kappa shape index (κ3) is 4.24. The molecule has 0 spiro atoms. The fraction of sp³-hybridized carbons (Fsp3) is 0.333. The van der Waals surface area contributed by atoms with E-state index in [4.69, 9.17) is 11.5 Å². The molecule has 0 saturated heterocycles. The summed E-state index contributed by atoms with van der Waals surface area (Å²) in [4.78, 5) is 22.5. The van der Waals surface area contributed by atoms with Crippen LogP contribution in [-0.4, -0.2) is 23.9 Å². The first-order valence-electron chi connectivity index (χ1n) is 5.26. The van der Waals surface area contributed by atoms with Crippen LogP contribution in [0.3, 0.4) is 0 Å². The van der Waals surface area contributed by atoms with Gasteiger partial charge < -0.3 is 16.8 Å². The van der Waals surface area contributed by atoms with Gasteiger partial charge in [-0.2, -0.15) is 0 Å². The summed E-state index contributed by atoms with van der Waals surface area (Å²) >= 11 is 0. The molecule has 0 aliphatic heterocycles. The van der Waals surface area contributed by atoms with E-state index in [1.54, 1.807) is 12.1 Å². The fourth-order valence-corrected chi connectivity index (χ4v) is 1.20. The average molecular weight is 235 g/mol. The van der Waals surface area contributed by atoms with Crippen molar-refractivity contribution in [2.75, 3.05) is 6.54 Å². The van der Waals surface area contributed by atoms with E-state index in [0.717, 1.165) is 0 Å². The van der Waals surface area contributed by atoms with Gasteiger partial charge in [-0.05, 0) is 38.1 Å². The highest BCUT2D eigenvalue weighted by molar-refractivity contribution is 5.97. The van der Waals surface area contributed by atoms with Crippen molar-refractivity contribution < 1.29 is 9.59 Å². The molecule has 92 valence electrons. The van der Waals surface area contributed by atoms with Crippen LogP contribution in [0.4, 0.5) is 0 Å². The molecule has 5 heteroatoms. The molecule has 5 nitrogen and oxygen atoms in total. The zero-order valence-electron chi connectivity index (χ0n) is 9.99. The smallest absolute Gasteiger partial charge is 0.251 e. The van der Waals surface area contributed by atoms with Gasteiger partial charge >= 0.3 is 0 Å². The molecule has 17 heavy (non-hydrogen) atoms.